The molecule has 2 rings (SSSR count). The van der Waals surface area contributed by atoms with Crippen molar-refractivity contribution in [2.45, 2.75) is 17.0 Å². The Morgan fingerprint density at radius 3 is 2.71 bits per heavy atom. The summed E-state index contributed by atoms with van der Waals surface area (Å²) in [4.78, 5) is 18.7. The van der Waals surface area contributed by atoms with Crippen LogP contribution in [0.2, 0.25) is 0 Å². The van der Waals surface area contributed by atoms with E-state index in [0.29, 0.717) is 10.8 Å². The molecule has 6 heteroatoms. The zero-order valence-corrected chi connectivity index (χ0v) is 10.0. The van der Waals surface area contributed by atoms with Crippen molar-refractivity contribution in [1.29, 1.82) is 0 Å². The van der Waals surface area contributed by atoms with Crippen molar-refractivity contribution in [3.63, 3.8) is 0 Å². The molecule has 0 spiro atoms. The minimum absolute atomic E-state index is 0.196. The first-order chi connectivity index (χ1) is 8.04. The molecule has 5 N–H and O–H groups in total. The molecule has 17 heavy (non-hydrogen) atoms. The summed E-state index contributed by atoms with van der Waals surface area (Å²) in [6, 6.07) is 6.94. The first-order valence-corrected chi connectivity index (χ1v) is 5.77. The molecule has 0 atom stereocenters. The number of rotatable bonds is 2. The summed E-state index contributed by atoms with van der Waals surface area (Å²) in [6.45, 7) is 1.96. The van der Waals surface area contributed by atoms with Gasteiger partial charge in [-0.2, -0.15) is 0 Å². The van der Waals surface area contributed by atoms with Gasteiger partial charge in [-0.3, -0.25) is 4.79 Å². The largest absolute Gasteiger partial charge is 0.398 e. The highest BCUT2D eigenvalue weighted by molar-refractivity contribution is 7.99. The van der Waals surface area contributed by atoms with Gasteiger partial charge in [0.2, 0.25) is 0 Å². The topological polar surface area (TPSA) is 97.8 Å². The van der Waals surface area contributed by atoms with Gasteiger partial charge in [0.15, 0.2) is 5.16 Å². The summed E-state index contributed by atoms with van der Waals surface area (Å²) < 4.78 is 0. The fraction of sp³-hybridized carbons (Fsp3) is 0.0909. The predicted octanol–water partition coefficient (Wildman–Crippen LogP) is 1.39. The van der Waals surface area contributed by atoms with Gasteiger partial charge in [0.25, 0.3) is 5.56 Å². The van der Waals surface area contributed by atoms with Gasteiger partial charge in [-0.15, -0.1) is 0 Å². The quantitative estimate of drug-likeness (QED) is 0.551. The van der Waals surface area contributed by atoms with Gasteiger partial charge in [-0.05, 0) is 36.4 Å². The van der Waals surface area contributed by atoms with E-state index in [1.807, 2.05) is 25.1 Å². The lowest BCUT2D eigenvalue weighted by Gasteiger charge is -2.05. The first kappa shape index (κ1) is 11.5. The number of nitrogens with one attached hydrogen (secondary N) is 1. The number of hydrogen-bond acceptors (Lipinski definition) is 5. The van der Waals surface area contributed by atoms with Crippen molar-refractivity contribution >= 4 is 23.3 Å². The monoisotopic (exact) mass is 248 g/mol. The molecule has 1 aromatic carbocycles. The van der Waals surface area contributed by atoms with Crippen LogP contribution in [0.5, 0.6) is 0 Å². The Hall–Kier alpha value is -1.95. The Labute approximate surface area is 102 Å². The summed E-state index contributed by atoms with van der Waals surface area (Å²) >= 11 is 1.28. The van der Waals surface area contributed by atoms with Crippen LogP contribution in [0.3, 0.4) is 0 Å². The van der Waals surface area contributed by atoms with Gasteiger partial charge in [-0.1, -0.05) is 6.07 Å². The van der Waals surface area contributed by atoms with Crippen molar-refractivity contribution in [3.8, 4) is 0 Å². The summed E-state index contributed by atoms with van der Waals surface area (Å²) in [5.41, 5.74) is 12.8. The molecule has 5 nitrogen and oxygen atoms in total. The Morgan fingerprint density at radius 1 is 1.29 bits per heavy atom. The van der Waals surface area contributed by atoms with Gasteiger partial charge < -0.3 is 16.5 Å². The molecule has 88 valence electrons. The molecule has 1 heterocycles. The highest BCUT2D eigenvalue weighted by Crippen LogP contribution is 2.29. The van der Waals surface area contributed by atoms with Crippen molar-refractivity contribution in [2.24, 2.45) is 0 Å². The Bertz CT molecular complexity index is 609. The zero-order chi connectivity index (χ0) is 12.4. The van der Waals surface area contributed by atoms with E-state index in [9.17, 15) is 4.79 Å². The number of nitrogen functional groups attached to an aromatic ring is 2. The molecule has 0 amide bonds. The molecule has 1 aromatic heterocycles. The molecule has 0 radical (unpaired) electrons. The van der Waals surface area contributed by atoms with Gasteiger partial charge in [-0.25, -0.2) is 4.98 Å². The third-order valence-electron chi connectivity index (χ3n) is 2.11. The molecular weight excluding hydrogens is 236 g/mol. The fourth-order valence-electron chi connectivity index (χ4n) is 1.37. The van der Waals surface area contributed by atoms with E-state index >= 15 is 0 Å². The standard InChI is InChI=1S/C11H12N4OS/c1-6-2-3-8(7(12)4-6)17-11-14-9(13)5-10(16)15-11/h2-5H,12H2,1H3,(H3,13,14,15,16). The van der Waals surface area contributed by atoms with E-state index in [4.69, 9.17) is 11.5 Å². The number of hydrogen-bond donors (Lipinski definition) is 3. The lowest BCUT2D eigenvalue weighted by molar-refractivity contribution is 0.945. The summed E-state index contributed by atoms with van der Waals surface area (Å²) in [7, 11) is 0. The Balaban J connectivity index is 2.34. The molecule has 0 fully saturated rings. The molecular formula is C11H12N4OS. The molecule has 0 aliphatic heterocycles. The van der Waals surface area contributed by atoms with Gasteiger partial charge >= 0.3 is 0 Å². The number of nitrogens with zero attached hydrogens (tertiary/aromatic N) is 1. The van der Waals surface area contributed by atoms with E-state index < -0.39 is 0 Å². The second-order valence-electron chi connectivity index (χ2n) is 3.62. The van der Waals surface area contributed by atoms with Crippen LogP contribution in [0.15, 0.2) is 39.1 Å². The number of nitrogens with two attached hydrogens (primary N) is 2. The maximum atomic E-state index is 11.2. The SMILES string of the molecule is Cc1ccc(Sc2nc(N)cc(=O)[nH]2)c(N)c1. The van der Waals surface area contributed by atoms with Crippen LogP contribution in [-0.2, 0) is 0 Å². The van der Waals surface area contributed by atoms with E-state index in [1.54, 1.807) is 0 Å². The van der Waals surface area contributed by atoms with E-state index in [-0.39, 0.29) is 11.4 Å². The number of aryl methyl sites for hydroxylation is 1. The Morgan fingerprint density at radius 2 is 2.06 bits per heavy atom. The normalized spacial score (nSPS) is 10.4. The summed E-state index contributed by atoms with van der Waals surface area (Å²) in [6.07, 6.45) is 0. The number of aromatic amines is 1. The highest BCUT2D eigenvalue weighted by atomic mass is 32.2. The second kappa shape index (κ2) is 4.50. The van der Waals surface area contributed by atoms with E-state index in [0.717, 1.165) is 10.5 Å². The minimum atomic E-state index is -0.273. The van der Waals surface area contributed by atoms with E-state index in [1.165, 1.54) is 17.8 Å². The molecule has 0 aliphatic rings. The van der Waals surface area contributed by atoms with Crippen LogP contribution in [-0.4, -0.2) is 9.97 Å². The van der Waals surface area contributed by atoms with Crippen LogP contribution in [0.4, 0.5) is 11.5 Å². The first-order valence-electron chi connectivity index (χ1n) is 4.95. The van der Waals surface area contributed by atoms with Crippen LogP contribution < -0.4 is 17.0 Å². The van der Waals surface area contributed by atoms with Gasteiger partial charge in [0, 0.05) is 16.6 Å². The maximum Gasteiger partial charge on any atom is 0.253 e. The summed E-state index contributed by atoms with van der Waals surface area (Å²) in [5, 5.41) is 0.436. The third kappa shape index (κ3) is 2.79. The predicted molar refractivity (Wildman–Crippen MR) is 69.0 cm³/mol. The lowest BCUT2D eigenvalue weighted by Crippen LogP contribution is -2.09. The number of H-pyrrole nitrogens is 1. The third-order valence-corrected chi connectivity index (χ3v) is 3.09. The molecule has 0 saturated carbocycles. The number of aromatic nitrogens is 2. The Kier molecular flexibility index (Phi) is 3.06. The van der Waals surface area contributed by atoms with Crippen molar-refractivity contribution in [3.05, 3.63) is 40.2 Å². The van der Waals surface area contributed by atoms with Crippen LogP contribution in [0.1, 0.15) is 5.56 Å². The van der Waals surface area contributed by atoms with Crippen molar-refractivity contribution in [2.75, 3.05) is 11.5 Å². The van der Waals surface area contributed by atoms with Crippen molar-refractivity contribution in [1.82, 2.24) is 9.97 Å². The molecule has 0 bridgehead atoms. The molecule has 0 aliphatic carbocycles. The molecule has 0 saturated heterocycles. The maximum absolute atomic E-state index is 11.2. The molecule has 0 unspecified atom stereocenters. The van der Waals surface area contributed by atoms with Crippen LogP contribution in [0, 0.1) is 6.92 Å². The smallest absolute Gasteiger partial charge is 0.253 e. The number of anilines is 2. The highest BCUT2D eigenvalue weighted by Gasteiger charge is 2.05. The fourth-order valence-corrected chi connectivity index (χ4v) is 2.19. The van der Waals surface area contributed by atoms with Gasteiger partial charge in [0.1, 0.15) is 5.82 Å². The average molecular weight is 248 g/mol. The minimum Gasteiger partial charge on any atom is -0.398 e. The zero-order valence-electron chi connectivity index (χ0n) is 9.23. The van der Waals surface area contributed by atoms with Gasteiger partial charge in [0.05, 0.1) is 0 Å². The lowest BCUT2D eigenvalue weighted by atomic mass is 10.2. The number of benzene rings is 1. The van der Waals surface area contributed by atoms with E-state index in [2.05, 4.69) is 9.97 Å². The average Bonchev–Trinajstić information content (AvgIpc) is 2.21. The summed E-state index contributed by atoms with van der Waals surface area (Å²) in [5.74, 6) is 0.196. The van der Waals surface area contributed by atoms with Crippen LogP contribution >= 0.6 is 11.8 Å². The van der Waals surface area contributed by atoms with Crippen LogP contribution in [0.25, 0.3) is 0 Å². The second-order valence-corrected chi connectivity index (χ2v) is 4.65. The molecule has 2 aromatic rings. The van der Waals surface area contributed by atoms with Crippen molar-refractivity contribution < 1.29 is 0 Å².